The number of carbonyl (C=O) groups excluding carboxylic acids is 2. The molecule has 0 bridgehead atoms. The van der Waals surface area contributed by atoms with Crippen LogP contribution in [0.1, 0.15) is 20.3 Å². The molecule has 1 saturated heterocycles. The summed E-state index contributed by atoms with van der Waals surface area (Å²) in [6, 6.07) is 5.99. The number of rotatable bonds is 8. The highest BCUT2D eigenvalue weighted by atomic mass is 16.6. The number of carbonyl (C=O) groups is 2. The second kappa shape index (κ2) is 9.86. The van der Waals surface area contributed by atoms with Crippen molar-refractivity contribution in [1.82, 2.24) is 10.6 Å². The molecule has 1 aliphatic rings. The second-order valence-electron chi connectivity index (χ2n) is 6.77. The summed E-state index contributed by atoms with van der Waals surface area (Å²) in [4.78, 5) is 37.6. The predicted octanol–water partition coefficient (Wildman–Crippen LogP) is -0.669. The summed E-state index contributed by atoms with van der Waals surface area (Å²) < 4.78 is 0. The minimum Gasteiger partial charge on any atom is -0.360 e. The molecule has 2 rings (SSSR count). The normalized spacial score (nSPS) is 15.9. The van der Waals surface area contributed by atoms with E-state index >= 15 is 0 Å². The molecule has 0 aromatic heterocycles. The quantitative estimate of drug-likeness (QED) is 0.411. The highest BCUT2D eigenvalue weighted by Gasteiger charge is 2.24. The zero-order valence-corrected chi connectivity index (χ0v) is 15.9. The smallest absolute Gasteiger partial charge is 0.275 e. The van der Waals surface area contributed by atoms with E-state index in [0.29, 0.717) is 13.1 Å². The van der Waals surface area contributed by atoms with Crippen LogP contribution in [0.15, 0.2) is 24.3 Å². The number of nitro groups is 1. The molecule has 1 aliphatic heterocycles. The van der Waals surface area contributed by atoms with E-state index in [1.54, 1.807) is 19.1 Å². The minimum atomic E-state index is -0.537. The maximum absolute atomic E-state index is 12.2. The molecule has 27 heavy (non-hydrogen) atoms. The van der Waals surface area contributed by atoms with E-state index in [9.17, 15) is 19.7 Å². The van der Waals surface area contributed by atoms with Crippen LogP contribution >= 0.6 is 0 Å². The van der Waals surface area contributed by atoms with Gasteiger partial charge in [-0.25, -0.2) is 0 Å². The molecule has 0 aliphatic carbocycles. The lowest BCUT2D eigenvalue weighted by molar-refractivity contribution is -0.892. The van der Waals surface area contributed by atoms with E-state index in [4.69, 9.17) is 0 Å². The maximum atomic E-state index is 12.2. The number of benzene rings is 1. The maximum Gasteiger partial charge on any atom is 0.275 e. The van der Waals surface area contributed by atoms with Crippen LogP contribution in [0.2, 0.25) is 0 Å². The van der Waals surface area contributed by atoms with Crippen LogP contribution in [-0.2, 0) is 9.59 Å². The van der Waals surface area contributed by atoms with Gasteiger partial charge in [-0.3, -0.25) is 19.7 Å². The molecule has 1 fully saturated rings. The van der Waals surface area contributed by atoms with E-state index in [1.807, 2.05) is 6.92 Å². The molecule has 1 aromatic carbocycles. The van der Waals surface area contributed by atoms with Gasteiger partial charge in [0.1, 0.15) is 6.04 Å². The summed E-state index contributed by atoms with van der Waals surface area (Å²) in [6.07, 6.45) is 0.857. The first kappa shape index (κ1) is 20.6. The number of hydrogen-bond donors (Lipinski definition) is 3. The van der Waals surface area contributed by atoms with Gasteiger partial charge in [-0.15, -0.1) is 0 Å². The van der Waals surface area contributed by atoms with Gasteiger partial charge in [0.15, 0.2) is 6.54 Å². The molecular formula is C18H28N5O4+. The number of amides is 2. The van der Waals surface area contributed by atoms with Gasteiger partial charge in [-0.1, -0.05) is 6.92 Å². The van der Waals surface area contributed by atoms with Crippen LogP contribution in [-0.4, -0.2) is 62.0 Å². The Morgan fingerprint density at radius 3 is 2.44 bits per heavy atom. The Hall–Kier alpha value is -2.68. The van der Waals surface area contributed by atoms with Gasteiger partial charge in [0.25, 0.3) is 11.6 Å². The molecule has 3 N–H and O–H groups in total. The summed E-state index contributed by atoms with van der Waals surface area (Å²) in [5.74, 6) is -0.295. The molecule has 2 amide bonds. The van der Waals surface area contributed by atoms with Crippen LogP contribution in [0.4, 0.5) is 11.4 Å². The number of non-ortho nitro benzene ring substituents is 1. The molecule has 0 spiro atoms. The van der Waals surface area contributed by atoms with Crippen molar-refractivity contribution in [3.05, 3.63) is 34.4 Å². The summed E-state index contributed by atoms with van der Waals surface area (Å²) in [5.41, 5.74) is 1.03. The van der Waals surface area contributed by atoms with Crippen LogP contribution in [0.25, 0.3) is 0 Å². The predicted molar refractivity (Wildman–Crippen MR) is 102 cm³/mol. The van der Waals surface area contributed by atoms with E-state index in [-0.39, 0.29) is 17.5 Å². The molecule has 0 radical (unpaired) electrons. The van der Waals surface area contributed by atoms with Crippen molar-refractivity contribution in [2.45, 2.75) is 26.3 Å². The van der Waals surface area contributed by atoms with Crippen molar-refractivity contribution in [3.63, 3.8) is 0 Å². The molecule has 9 heteroatoms. The molecule has 0 unspecified atom stereocenters. The van der Waals surface area contributed by atoms with Gasteiger partial charge in [-0.05, 0) is 25.5 Å². The van der Waals surface area contributed by atoms with Gasteiger partial charge in [0, 0.05) is 24.4 Å². The van der Waals surface area contributed by atoms with Gasteiger partial charge >= 0.3 is 0 Å². The monoisotopic (exact) mass is 378 g/mol. The lowest BCUT2D eigenvalue weighted by Gasteiger charge is -2.33. The topological polar surface area (TPSA) is 109 Å². The minimum absolute atomic E-state index is 0.0803. The Morgan fingerprint density at radius 1 is 1.26 bits per heavy atom. The lowest BCUT2D eigenvalue weighted by atomic mass is 10.2. The number of hydrogen-bond acceptors (Lipinski definition) is 5. The van der Waals surface area contributed by atoms with Gasteiger partial charge in [-0.2, -0.15) is 0 Å². The second-order valence-corrected chi connectivity index (χ2v) is 6.77. The number of piperazine rings is 1. The SMILES string of the molecule is CCCNC(=O)[C@H](C)NC(=O)C[NH+]1CCN(c2ccc([N+](=O)[O-])cc2)CC1. The van der Waals surface area contributed by atoms with Crippen molar-refractivity contribution < 1.29 is 19.4 Å². The Labute approximate surface area is 158 Å². The van der Waals surface area contributed by atoms with Gasteiger partial charge < -0.3 is 20.4 Å². The van der Waals surface area contributed by atoms with Crippen molar-refractivity contribution >= 4 is 23.2 Å². The number of anilines is 1. The first-order valence-corrected chi connectivity index (χ1v) is 9.30. The van der Waals surface area contributed by atoms with Crippen molar-refractivity contribution in [3.8, 4) is 0 Å². The first-order valence-electron chi connectivity index (χ1n) is 9.30. The molecule has 0 saturated carbocycles. The van der Waals surface area contributed by atoms with E-state index < -0.39 is 11.0 Å². The fraction of sp³-hybridized carbons (Fsp3) is 0.556. The standard InChI is InChI=1S/C18H27N5O4/c1-3-8-19-18(25)14(2)20-17(24)13-21-9-11-22(12-10-21)15-4-6-16(7-5-15)23(26)27/h4-7,14H,3,8-13H2,1-2H3,(H,19,25)(H,20,24)/p+1/t14-/m0/s1. The zero-order valence-electron chi connectivity index (χ0n) is 15.9. The molecule has 1 aromatic rings. The summed E-state index contributed by atoms with van der Waals surface area (Å²) in [5, 5.41) is 16.2. The van der Waals surface area contributed by atoms with Crippen LogP contribution in [0, 0.1) is 10.1 Å². The summed E-state index contributed by atoms with van der Waals surface area (Å²) >= 11 is 0. The average Bonchev–Trinajstić information content (AvgIpc) is 2.66. The Kier molecular flexibility index (Phi) is 7.54. The third-order valence-electron chi connectivity index (χ3n) is 4.63. The van der Waals surface area contributed by atoms with E-state index in [0.717, 1.165) is 43.2 Å². The molecule has 1 heterocycles. The summed E-state index contributed by atoms with van der Waals surface area (Å²) in [6.45, 7) is 7.73. The van der Waals surface area contributed by atoms with Crippen molar-refractivity contribution in [2.75, 3.05) is 44.2 Å². The van der Waals surface area contributed by atoms with Crippen molar-refractivity contribution in [1.29, 1.82) is 0 Å². The van der Waals surface area contributed by atoms with E-state index in [2.05, 4.69) is 15.5 Å². The third kappa shape index (κ3) is 6.21. The van der Waals surface area contributed by atoms with Crippen LogP contribution < -0.4 is 20.4 Å². The number of quaternary nitrogens is 1. The Balaban J connectivity index is 1.76. The van der Waals surface area contributed by atoms with Crippen LogP contribution in [0.3, 0.4) is 0 Å². The summed E-state index contributed by atoms with van der Waals surface area (Å²) in [7, 11) is 0. The highest BCUT2D eigenvalue weighted by molar-refractivity contribution is 5.87. The highest BCUT2D eigenvalue weighted by Crippen LogP contribution is 2.19. The fourth-order valence-corrected chi connectivity index (χ4v) is 3.03. The lowest BCUT2D eigenvalue weighted by Crippen LogP contribution is -3.16. The number of nitrogens with one attached hydrogen (secondary N) is 3. The number of nitrogens with zero attached hydrogens (tertiary/aromatic N) is 2. The largest absolute Gasteiger partial charge is 0.360 e. The third-order valence-corrected chi connectivity index (χ3v) is 4.63. The Morgan fingerprint density at radius 2 is 1.89 bits per heavy atom. The average molecular weight is 378 g/mol. The molecule has 148 valence electrons. The van der Waals surface area contributed by atoms with Crippen LogP contribution in [0.5, 0.6) is 0 Å². The van der Waals surface area contributed by atoms with Gasteiger partial charge in [0.2, 0.25) is 5.91 Å². The molecule has 9 nitrogen and oxygen atoms in total. The number of nitro benzene ring substituents is 1. The zero-order chi connectivity index (χ0) is 19.8. The fourth-order valence-electron chi connectivity index (χ4n) is 3.03. The molecular weight excluding hydrogens is 350 g/mol. The van der Waals surface area contributed by atoms with Crippen molar-refractivity contribution in [2.24, 2.45) is 0 Å². The molecule has 1 atom stereocenters. The van der Waals surface area contributed by atoms with E-state index in [1.165, 1.54) is 12.1 Å². The first-order chi connectivity index (χ1) is 12.9. The van der Waals surface area contributed by atoms with Gasteiger partial charge in [0.05, 0.1) is 31.1 Å². The Bertz CT molecular complexity index is 656.